The molecular weight excluding hydrogens is 432 g/mol. The highest BCUT2D eigenvalue weighted by atomic mass is 16.6. The van der Waals surface area contributed by atoms with E-state index in [1.165, 1.54) is 12.1 Å². The van der Waals surface area contributed by atoms with Crippen LogP contribution in [0.4, 0.5) is 11.4 Å². The molecule has 7 heteroatoms. The maximum absolute atomic E-state index is 10.9. The van der Waals surface area contributed by atoms with Crippen LogP contribution in [0.1, 0.15) is 16.7 Å². The molecule has 0 bridgehead atoms. The lowest BCUT2D eigenvalue weighted by molar-refractivity contribution is -0.384. The van der Waals surface area contributed by atoms with Gasteiger partial charge in [0.25, 0.3) is 5.69 Å². The van der Waals surface area contributed by atoms with Crippen molar-refractivity contribution in [1.29, 1.82) is 0 Å². The summed E-state index contributed by atoms with van der Waals surface area (Å²) in [5, 5.41) is 20.9. The molecule has 7 nitrogen and oxygen atoms in total. The number of non-ortho nitro benzene ring substituents is 1. The molecule has 1 N–H and O–H groups in total. The second kappa shape index (κ2) is 10.8. The van der Waals surface area contributed by atoms with E-state index >= 15 is 0 Å². The zero-order valence-electron chi connectivity index (χ0n) is 18.2. The van der Waals surface area contributed by atoms with E-state index in [0.29, 0.717) is 30.3 Å². The average molecular weight is 454 g/mol. The summed E-state index contributed by atoms with van der Waals surface area (Å²) in [5.74, 6) is 0.876. The molecule has 170 valence electrons. The van der Waals surface area contributed by atoms with Gasteiger partial charge >= 0.3 is 0 Å². The smallest absolute Gasteiger partial charge is 0.273 e. The number of hydrogen-bond acceptors (Lipinski definition) is 6. The fourth-order valence-corrected chi connectivity index (χ4v) is 3.19. The lowest BCUT2D eigenvalue weighted by atomic mass is 10.2. The lowest BCUT2D eigenvalue weighted by Crippen LogP contribution is -2.01. The van der Waals surface area contributed by atoms with Crippen LogP contribution < -0.4 is 9.47 Å². The average Bonchev–Trinajstić information content (AvgIpc) is 2.87. The highest BCUT2D eigenvalue weighted by Gasteiger charge is 2.10. The van der Waals surface area contributed by atoms with Crippen LogP contribution in [-0.2, 0) is 13.2 Å². The molecule has 0 aromatic heterocycles. The minimum absolute atomic E-state index is 0.201. The Morgan fingerprint density at radius 3 is 2.00 bits per heavy atom. The Balaban J connectivity index is 1.55. The van der Waals surface area contributed by atoms with Crippen molar-refractivity contribution in [2.45, 2.75) is 13.2 Å². The Morgan fingerprint density at radius 2 is 1.41 bits per heavy atom. The van der Waals surface area contributed by atoms with Crippen LogP contribution in [0.15, 0.2) is 102 Å². The third-order valence-corrected chi connectivity index (χ3v) is 4.96. The van der Waals surface area contributed by atoms with E-state index in [2.05, 4.69) is 4.99 Å². The van der Waals surface area contributed by atoms with E-state index < -0.39 is 4.92 Å². The van der Waals surface area contributed by atoms with E-state index in [4.69, 9.17) is 9.47 Å². The summed E-state index contributed by atoms with van der Waals surface area (Å²) in [7, 11) is 0. The maximum atomic E-state index is 10.9. The molecule has 0 saturated heterocycles. The molecule has 0 atom stereocenters. The molecule has 0 unspecified atom stereocenters. The number of nitro groups is 1. The first-order valence-corrected chi connectivity index (χ1v) is 10.6. The van der Waals surface area contributed by atoms with Gasteiger partial charge in [0.15, 0.2) is 11.5 Å². The number of phenols is 1. The van der Waals surface area contributed by atoms with Crippen molar-refractivity contribution in [2.24, 2.45) is 4.99 Å². The number of phenolic OH excluding ortho intramolecular Hbond substituents is 1. The van der Waals surface area contributed by atoms with Crippen LogP contribution in [0.3, 0.4) is 0 Å². The number of rotatable bonds is 9. The van der Waals surface area contributed by atoms with E-state index in [1.807, 2.05) is 66.7 Å². The molecular formula is C27H22N2O5. The van der Waals surface area contributed by atoms with Gasteiger partial charge in [0, 0.05) is 12.3 Å². The van der Waals surface area contributed by atoms with E-state index in [9.17, 15) is 15.2 Å². The van der Waals surface area contributed by atoms with Crippen LogP contribution >= 0.6 is 0 Å². The molecule has 4 aromatic rings. The second-order valence-electron chi connectivity index (χ2n) is 7.44. The molecule has 0 fully saturated rings. The quantitative estimate of drug-likeness (QED) is 0.184. The summed E-state index contributed by atoms with van der Waals surface area (Å²) >= 11 is 0. The Kier molecular flexibility index (Phi) is 7.15. The highest BCUT2D eigenvalue weighted by Crippen LogP contribution is 2.32. The summed E-state index contributed by atoms with van der Waals surface area (Å²) in [6, 6.07) is 28.8. The minimum atomic E-state index is -0.572. The zero-order chi connectivity index (χ0) is 23.8. The number of aliphatic imine (C=N–C) groups is 1. The number of ether oxygens (including phenoxy) is 2. The van der Waals surface area contributed by atoms with E-state index in [1.54, 1.807) is 18.3 Å². The first kappa shape index (κ1) is 22.5. The van der Waals surface area contributed by atoms with Crippen molar-refractivity contribution in [2.75, 3.05) is 0 Å². The largest absolute Gasteiger partial charge is 0.505 e. The van der Waals surface area contributed by atoms with Crippen LogP contribution in [-0.4, -0.2) is 16.2 Å². The Morgan fingerprint density at radius 1 is 0.794 bits per heavy atom. The predicted molar refractivity (Wildman–Crippen MR) is 130 cm³/mol. The van der Waals surface area contributed by atoms with Gasteiger partial charge in [0.05, 0.1) is 11.0 Å². The van der Waals surface area contributed by atoms with E-state index in [0.717, 1.165) is 17.2 Å². The normalized spacial score (nSPS) is 10.8. The number of aromatic hydroxyl groups is 1. The molecule has 0 radical (unpaired) electrons. The number of hydrogen-bond donors (Lipinski definition) is 1. The van der Waals surface area contributed by atoms with Gasteiger partial charge in [-0.3, -0.25) is 15.1 Å². The molecule has 0 amide bonds. The maximum Gasteiger partial charge on any atom is 0.273 e. The van der Waals surface area contributed by atoms with Crippen LogP contribution in [0.5, 0.6) is 17.2 Å². The minimum Gasteiger partial charge on any atom is -0.505 e. The molecule has 0 aliphatic rings. The topological polar surface area (TPSA) is 94.2 Å². The highest BCUT2D eigenvalue weighted by molar-refractivity contribution is 5.84. The number of nitro benzene ring substituents is 1. The van der Waals surface area contributed by atoms with Crippen molar-refractivity contribution >= 4 is 17.6 Å². The molecule has 4 aromatic carbocycles. The Bertz CT molecular complexity index is 1290. The van der Waals surface area contributed by atoms with Crippen LogP contribution in [0, 0.1) is 10.1 Å². The van der Waals surface area contributed by atoms with Gasteiger partial charge in [-0.1, -0.05) is 60.7 Å². The summed E-state index contributed by atoms with van der Waals surface area (Å²) in [6.07, 6.45) is 1.55. The van der Waals surface area contributed by atoms with Gasteiger partial charge in [0.2, 0.25) is 0 Å². The fourth-order valence-electron chi connectivity index (χ4n) is 3.19. The third-order valence-electron chi connectivity index (χ3n) is 4.96. The van der Waals surface area contributed by atoms with Crippen LogP contribution in [0.25, 0.3) is 0 Å². The van der Waals surface area contributed by atoms with Crippen molar-refractivity contribution in [1.82, 2.24) is 0 Å². The van der Waals surface area contributed by atoms with E-state index in [-0.39, 0.29) is 17.1 Å². The standard InChI is InChI=1S/C27H22N2O5/c30-25-16-23(29(31)32)12-13-24(25)28-17-22-11-14-26(33-18-20-7-3-1-4-8-20)27(15-22)34-19-21-9-5-2-6-10-21/h1-17,30H,18-19H2. The van der Waals surface area contributed by atoms with Gasteiger partial charge < -0.3 is 14.6 Å². The first-order valence-electron chi connectivity index (χ1n) is 10.6. The zero-order valence-corrected chi connectivity index (χ0v) is 18.2. The third kappa shape index (κ3) is 5.98. The van der Waals surface area contributed by atoms with Gasteiger partial charge in [-0.05, 0) is 41.0 Å². The summed E-state index contributed by atoms with van der Waals surface area (Å²) in [6.45, 7) is 0.763. The first-order chi connectivity index (χ1) is 16.6. The molecule has 0 saturated carbocycles. The molecule has 4 rings (SSSR count). The summed E-state index contributed by atoms with van der Waals surface area (Å²) in [4.78, 5) is 14.5. The summed E-state index contributed by atoms with van der Waals surface area (Å²) < 4.78 is 12.1. The van der Waals surface area contributed by atoms with Crippen molar-refractivity contribution < 1.29 is 19.5 Å². The monoisotopic (exact) mass is 454 g/mol. The lowest BCUT2D eigenvalue weighted by Gasteiger charge is -2.14. The van der Waals surface area contributed by atoms with Crippen LogP contribution in [0.2, 0.25) is 0 Å². The molecule has 0 heterocycles. The Hall–Kier alpha value is -4.65. The van der Waals surface area contributed by atoms with Crippen molar-refractivity contribution in [3.63, 3.8) is 0 Å². The van der Waals surface area contributed by atoms with Gasteiger partial charge in [-0.25, -0.2) is 0 Å². The number of benzene rings is 4. The molecule has 0 aliphatic carbocycles. The molecule has 34 heavy (non-hydrogen) atoms. The SMILES string of the molecule is O=[N+]([O-])c1ccc(N=Cc2ccc(OCc3ccccc3)c(OCc3ccccc3)c2)c(O)c1. The van der Waals surface area contributed by atoms with Gasteiger partial charge in [0.1, 0.15) is 24.7 Å². The number of nitrogens with zero attached hydrogens (tertiary/aromatic N) is 2. The van der Waals surface area contributed by atoms with Crippen molar-refractivity contribution in [3.8, 4) is 17.2 Å². The van der Waals surface area contributed by atoms with Crippen molar-refractivity contribution in [3.05, 3.63) is 124 Å². The summed E-state index contributed by atoms with van der Waals surface area (Å²) in [5.41, 5.74) is 2.80. The van der Waals surface area contributed by atoms with Gasteiger partial charge in [-0.2, -0.15) is 0 Å². The Labute approximate surface area is 196 Å². The fraction of sp³-hybridized carbons (Fsp3) is 0.0741. The predicted octanol–water partition coefficient (Wildman–Crippen LogP) is 6.21. The second-order valence-corrected chi connectivity index (χ2v) is 7.44. The molecule has 0 aliphatic heterocycles. The molecule has 0 spiro atoms. The van der Waals surface area contributed by atoms with Gasteiger partial charge in [-0.15, -0.1) is 0 Å².